The van der Waals surface area contributed by atoms with Crippen LogP contribution in [0.15, 0.2) is 30.5 Å². The van der Waals surface area contributed by atoms with Gasteiger partial charge in [0.15, 0.2) is 11.5 Å². The number of H-pyrrole nitrogens is 1. The Morgan fingerprint density at radius 3 is 2.56 bits per heavy atom. The Hall–Kier alpha value is -3.62. The SMILES string of the molecule is CNc1n[nH]c2ncc(CNc3ccc(C(=O)NC(CC(C)C)C(=O)OC4CCCC4)cc3)c(C)c12. The number of pyridine rings is 1. The number of hydrogen-bond acceptors (Lipinski definition) is 7. The highest BCUT2D eigenvalue weighted by atomic mass is 16.5. The molecule has 0 saturated heterocycles. The predicted molar refractivity (Wildman–Crippen MR) is 141 cm³/mol. The third-order valence-corrected chi connectivity index (χ3v) is 6.70. The number of amides is 1. The normalized spacial score (nSPS) is 14.7. The second-order valence-corrected chi connectivity index (χ2v) is 9.88. The summed E-state index contributed by atoms with van der Waals surface area (Å²) >= 11 is 0. The molecule has 9 heteroatoms. The molecule has 0 bridgehead atoms. The second-order valence-electron chi connectivity index (χ2n) is 9.88. The lowest BCUT2D eigenvalue weighted by atomic mass is 10.0. The van der Waals surface area contributed by atoms with Crippen LogP contribution in [0.1, 0.15) is 67.4 Å². The lowest BCUT2D eigenvalue weighted by Crippen LogP contribution is -2.43. The van der Waals surface area contributed by atoms with E-state index >= 15 is 0 Å². The van der Waals surface area contributed by atoms with Crippen molar-refractivity contribution in [3.8, 4) is 0 Å². The molecular formula is C27H36N6O3. The van der Waals surface area contributed by atoms with E-state index in [4.69, 9.17) is 4.74 Å². The first-order valence-electron chi connectivity index (χ1n) is 12.7. The van der Waals surface area contributed by atoms with Gasteiger partial charge in [-0.2, -0.15) is 5.10 Å². The van der Waals surface area contributed by atoms with E-state index < -0.39 is 6.04 Å². The standard InChI is InChI=1S/C27H36N6O3/c1-16(2)13-22(27(35)36-21-7-5-6-8-21)31-26(34)18-9-11-20(12-10-18)29-14-19-15-30-25-23(17(19)3)24(28-4)32-33-25/h9-12,15-16,21-22,29H,5-8,13-14H2,1-4H3,(H,31,34)(H2,28,30,32,33). The lowest BCUT2D eigenvalue weighted by molar-refractivity contribution is -0.151. The molecule has 4 N–H and O–H groups in total. The van der Waals surface area contributed by atoms with E-state index in [1.165, 1.54) is 0 Å². The molecule has 3 aromatic rings. The Balaban J connectivity index is 1.37. The maximum Gasteiger partial charge on any atom is 0.328 e. The van der Waals surface area contributed by atoms with Gasteiger partial charge in [0.05, 0.1) is 5.39 Å². The van der Waals surface area contributed by atoms with Crippen LogP contribution >= 0.6 is 0 Å². The molecule has 1 atom stereocenters. The number of ether oxygens (including phenoxy) is 1. The molecule has 1 unspecified atom stereocenters. The number of aryl methyl sites for hydroxylation is 1. The predicted octanol–water partition coefficient (Wildman–Crippen LogP) is 4.55. The molecule has 4 rings (SSSR count). The Morgan fingerprint density at radius 2 is 1.89 bits per heavy atom. The molecule has 0 spiro atoms. The third-order valence-electron chi connectivity index (χ3n) is 6.70. The van der Waals surface area contributed by atoms with Crippen molar-refractivity contribution in [1.29, 1.82) is 0 Å². The highest BCUT2D eigenvalue weighted by Crippen LogP contribution is 2.26. The van der Waals surface area contributed by atoms with E-state index in [9.17, 15) is 9.59 Å². The molecular weight excluding hydrogens is 456 g/mol. The first-order valence-corrected chi connectivity index (χ1v) is 12.7. The number of fused-ring (bicyclic) bond motifs is 1. The van der Waals surface area contributed by atoms with Crippen molar-refractivity contribution >= 4 is 34.4 Å². The molecule has 1 saturated carbocycles. The number of nitrogens with one attached hydrogen (secondary N) is 4. The number of rotatable bonds is 10. The zero-order valence-corrected chi connectivity index (χ0v) is 21.5. The molecule has 2 aromatic heterocycles. The molecule has 2 heterocycles. The summed E-state index contributed by atoms with van der Waals surface area (Å²) in [5, 5.41) is 17.5. The quantitative estimate of drug-likeness (QED) is 0.306. The van der Waals surface area contributed by atoms with Crippen LogP contribution in [0.25, 0.3) is 11.0 Å². The van der Waals surface area contributed by atoms with Gasteiger partial charge in [-0.25, -0.2) is 9.78 Å². The van der Waals surface area contributed by atoms with Gasteiger partial charge in [0.2, 0.25) is 0 Å². The number of carbonyl (C=O) groups excluding carboxylic acids is 2. The number of aromatic amines is 1. The number of anilines is 2. The minimum absolute atomic E-state index is 0.0210. The van der Waals surface area contributed by atoms with E-state index in [2.05, 4.69) is 38.1 Å². The molecule has 192 valence electrons. The van der Waals surface area contributed by atoms with Crippen molar-refractivity contribution in [2.45, 2.75) is 71.6 Å². The topological polar surface area (TPSA) is 121 Å². The summed E-state index contributed by atoms with van der Waals surface area (Å²) in [7, 11) is 1.83. The van der Waals surface area contributed by atoms with Crippen molar-refractivity contribution in [1.82, 2.24) is 20.5 Å². The average molecular weight is 493 g/mol. The van der Waals surface area contributed by atoms with Gasteiger partial charge in [-0.3, -0.25) is 9.89 Å². The molecule has 36 heavy (non-hydrogen) atoms. The summed E-state index contributed by atoms with van der Waals surface area (Å²) in [4.78, 5) is 30.1. The first-order chi connectivity index (χ1) is 17.4. The monoisotopic (exact) mass is 492 g/mol. The van der Waals surface area contributed by atoms with Gasteiger partial charge in [-0.15, -0.1) is 0 Å². The minimum atomic E-state index is -0.647. The van der Waals surface area contributed by atoms with Crippen LogP contribution in [0, 0.1) is 12.8 Å². The molecule has 0 aliphatic heterocycles. The van der Waals surface area contributed by atoms with Crippen molar-refractivity contribution in [2.75, 3.05) is 17.7 Å². The summed E-state index contributed by atoms with van der Waals surface area (Å²) in [6, 6.07) is 6.60. The summed E-state index contributed by atoms with van der Waals surface area (Å²) in [5.41, 5.74) is 4.28. The number of hydrogen-bond donors (Lipinski definition) is 4. The smallest absolute Gasteiger partial charge is 0.328 e. The minimum Gasteiger partial charge on any atom is -0.461 e. The number of nitrogens with zero attached hydrogens (tertiary/aromatic N) is 2. The highest BCUT2D eigenvalue weighted by Gasteiger charge is 2.28. The van der Waals surface area contributed by atoms with Crippen LogP contribution in [0.5, 0.6) is 0 Å². The summed E-state index contributed by atoms with van der Waals surface area (Å²) < 4.78 is 5.67. The van der Waals surface area contributed by atoms with Crippen molar-refractivity contribution in [2.24, 2.45) is 5.92 Å². The maximum absolute atomic E-state index is 12.9. The Labute approximate surface area is 211 Å². The molecule has 1 fully saturated rings. The van der Waals surface area contributed by atoms with Crippen LogP contribution in [-0.2, 0) is 16.1 Å². The van der Waals surface area contributed by atoms with Crippen LogP contribution in [-0.4, -0.2) is 46.3 Å². The van der Waals surface area contributed by atoms with E-state index in [0.717, 1.165) is 59.3 Å². The summed E-state index contributed by atoms with van der Waals surface area (Å²) in [6.45, 7) is 6.70. The fourth-order valence-corrected chi connectivity index (χ4v) is 4.66. The molecule has 9 nitrogen and oxygen atoms in total. The van der Waals surface area contributed by atoms with Gasteiger partial charge in [0, 0.05) is 31.0 Å². The highest BCUT2D eigenvalue weighted by molar-refractivity contribution is 5.97. The van der Waals surface area contributed by atoms with Crippen molar-refractivity contribution in [3.05, 3.63) is 47.2 Å². The van der Waals surface area contributed by atoms with Crippen LogP contribution in [0.2, 0.25) is 0 Å². The van der Waals surface area contributed by atoms with Crippen molar-refractivity contribution < 1.29 is 14.3 Å². The largest absolute Gasteiger partial charge is 0.461 e. The maximum atomic E-state index is 12.9. The van der Waals surface area contributed by atoms with Gasteiger partial charge in [-0.05, 0) is 80.3 Å². The molecule has 1 amide bonds. The van der Waals surface area contributed by atoms with Gasteiger partial charge in [0.25, 0.3) is 5.91 Å². The zero-order valence-electron chi connectivity index (χ0n) is 21.5. The van der Waals surface area contributed by atoms with Crippen LogP contribution in [0.3, 0.4) is 0 Å². The molecule has 0 radical (unpaired) electrons. The number of esters is 1. The van der Waals surface area contributed by atoms with E-state index in [0.29, 0.717) is 18.5 Å². The van der Waals surface area contributed by atoms with Crippen molar-refractivity contribution in [3.63, 3.8) is 0 Å². The zero-order chi connectivity index (χ0) is 25.7. The average Bonchev–Trinajstić information content (AvgIpc) is 3.53. The summed E-state index contributed by atoms with van der Waals surface area (Å²) in [5.74, 6) is 0.416. The fourth-order valence-electron chi connectivity index (χ4n) is 4.66. The Morgan fingerprint density at radius 1 is 1.17 bits per heavy atom. The summed E-state index contributed by atoms with van der Waals surface area (Å²) in [6.07, 6.45) is 6.35. The Bertz CT molecular complexity index is 1200. The van der Waals surface area contributed by atoms with Gasteiger partial charge >= 0.3 is 5.97 Å². The second kappa shape index (κ2) is 11.4. The number of aromatic nitrogens is 3. The van der Waals surface area contributed by atoms with E-state index in [-0.39, 0.29) is 23.9 Å². The van der Waals surface area contributed by atoms with Crippen LogP contribution < -0.4 is 16.0 Å². The van der Waals surface area contributed by atoms with E-state index in [1.54, 1.807) is 12.1 Å². The molecule has 1 aliphatic carbocycles. The first kappa shape index (κ1) is 25.5. The molecule has 1 aromatic carbocycles. The van der Waals surface area contributed by atoms with Crippen LogP contribution in [0.4, 0.5) is 11.5 Å². The fraction of sp³-hybridized carbons (Fsp3) is 0.481. The van der Waals surface area contributed by atoms with Gasteiger partial charge in [-0.1, -0.05) is 13.8 Å². The van der Waals surface area contributed by atoms with Gasteiger partial charge < -0.3 is 20.7 Å². The Kier molecular flexibility index (Phi) is 8.07. The number of carbonyl (C=O) groups is 2. The van der Waals surface area contributed by atoms with Gasteiger partial charge in [0.1, 0.15) is 12.1 Å². The number of benzene rings is 1. The van der Waals surface area contributed by atoms with E-state index in [1.807, 2.05) is 39.2 Å². The lowest BCUT2D eigenvalue weighted by Gasteiger charge is -2.21. The molecule has 1 aliphatic rings. The third kappa shape index (κ3) is 5.95.